The van der Waals surface area contributed by atoms with E-state index in [4.69, 9.17) is 0 Å². The first kappa shape index (κ1) is 16.5. The lowest BCUT2D eigenvalue weighted by Crippen LogP contribution is -2.33. The Bertz CT molecular complexity index is 658. The van der Waals surface area contributed by atoms with E-state index in [-0.39, 0.29) is 25.3 Å². The molecular formula is C17H22FN5O. The van der Waals surface area contributed by atoms with Crippen LogP contribution in [0.3, 0.4) is 0 Å². The van der Waals surface area contributed by atoms with Crippen molar-refractivity contribution >= 4 is 5.91 Å². The summed E-state index contributed by atoms with van der Waals surface area (Å²) in [5.41, 5.74) is 2.22. The molecule has 1 aliphatic rings. The van der Waals surface area contributed by atoms with E-state index in [9.17, 15) is 9.18 Å². The minimum atomic E-state index is -1.05. The van der Waals surface area contributed by atoms with Gasteiger partial charge in [-0.2, -0.15) is 5.21 Å². The van der Waals surface area contributed by atoms with Gasteiger partial charge in [0.05, 0.1) is 19.0 Å². The molecule has 7 heteroatoms. The van der Waals surface area contributed by atoms with Gasteiger partial charge in [-0.15, -0.1) is 10.2 Å². The third-order valence-electron chi connectivity index (χ3n) is 4.43. The monoisotopic (exact) mass is 331 g/mol. The molecule has 0 spiro atoms. The van der Waals surface area contributed by atoms with E-state index in [1.807, 2.05) is 12.1 Å². The van der Waals surface area contributed by atoms with Crippen molar-refractivity contribution < 1.29 is 9.18 Å². The summed E-state index contributed by atoms with van der Waals surface area (Å²) in [7, 11) is 0. The number of nitrogens with zero attached hydrogens (tertiary/aromatic N) is 4. The number of amides is 1. The Labute approximate surface area is 140 Å². The molecule has 1 amide bonds. The van der Waals surface area contributed by atoms with Crippen molar-refractivity contribution in [3.8, 4) is 0 Å². The van der Waals surface area contributed by atoms with Gasteiger partial charge in [0, 0.05) is 6.42 Å². The number of tetrazole rings is 1. The number of carbonyl (C=O) groups excluding carboxylic acids is 1. The Morgan fingerprint density at radius 3 is 2.75 bits per heavy atom. The fourth-order valence-corrected chi connectivity index (χ4v) is 3.10. The van der Waals surface area contributed by atoms with E-state index in [0.717, 1.165) is 24.8 Å². The average Bonchev–Trinajstić information content (AvgIpc) is 3.23. The summed E-state index contributed by atoms with van der Waals surface area (Å²) >= 11 is 0. The minimum Gasteiger partial charge on any atom is -0.329 e. The highest BCUT2D eigenvalue weighted by atomic mass is 19.1. The molecule has 3 rings (SSSR count). The number of hydrogen-bond acceptors (Lipinski definition) is 4. The second kappa shape index (κ2) is 7.51. The molecule has 1 N–H and O–H groups in total. The maximum atomic E-state index is 13.8. The number of nitrogens with one attached hydrogen (secondary N) is 1. The molecule has 1 saturated heterocycles. The number of aryl methyl sites for hydroxylation is 1. The predicted octanol–water partition coefficient (Wildman–Crippen LogP) is 2.40. The number of H-pyrrole nitrogens is 1. The third-order valence-corrected chi connectivity index (χ3v) is 4.43. The number of alkyl halides is 1. The van der Waals surface area contributed by atoms with Crippen LogP contribution in [0.1, 0.15) is 49.2 Å². The Kier molecular flexibility index (Phi) is 5.17. The van der Waals surface area contributed by atoms with Crippen LogP contribution in [0.2, 0.25) is 0 Å². The number of benzene rings is 1. The van der Waals surface area contributed by atoms with Crippen LogP contribution in [0, 0.1) is 0 Å². The van der Waals surface area contributed by atoms with Gasteiger partial charge in [0.1, 0.15) is 6.17 Å². The predicted molar refractivity (Wildman–Crippen MR) is 86.9 cm³/mol. The van der Waals surface area contributed by atoms with Crippen LogP contribution in [-0.2, 0) is 17.6 Å². The smallest absolute Gasteiger partial charge is 0.227 e. The lowest BCUT2D eigenvalue weighted by molar-refractivity contribution is -0.131. The van der Waals surface area contributed by atoms with Gasteiger partial charge >= 0.3 is 0 Å². The van der Waals surface area contributed by atoms with Crippen LogP contribution in [0.5, 0.6) is 0 Å². The average molecular weight is 331 g/mol. The summed E-state index contributed by atoms with van der Waals surface area (Å²) in [4.78, 5) is 14.1. The minimum absolute atomic E-state index is 0.0899. The molecule has 1 fully saturated rings. The topological polar surface area (TPSA) is 74.8 Å². The first-order chi connectivity index (χ1) is 11.7. The van der Waals surface area contributed by atoms with Crippen molar-refractivity contribution in [2.24, 2.45) is 0 Å². The number of aromatic nitrogens is 4. The van der Waals surface area contributed by atoms with Crippen LogP contribution in [-0.4, -0.2) is 44.1 Å². The first-order valence-electron chi connectivity index (χ1n) is 8.42. The zero-order chi connectivity index (χ0) is 16.9. The fourth-order valence-electron chi connectivity index (χ4n) is 3.10. The standard InChI is InChI=1S/C17H22FN5O/c1-2-3-4-12-5-7-13(8-6-12)9-16(24)23-11-14(18)10-15(23)17-19-21-22-20-17/h5-8,14-15H,2-4,9-11H2,1H3,(H,19,20,21,22). The highest BCUT2D eigenvalue weighted by Crippen LogP contribution is 2.31. The lowest BCUT2D eigenvalue weighted by atomic mass is 10.0. The quantitative estimate of drug-likeness (QED) is 0.882. The molecule has 2 atom stereocenters. The molecule has 1 aromatic carbocycles. The molecule has 0 bridgehead atoms. The van der Waals surface area contributed by atoms with Gasteiger partial charge in [0.25, 0.3) is 0 Å². The summed E-state index contributed by atoms with van der Waals surface area (Å²) in [6, 6.07) is 7.66. The SMILES string of the molecule is CCCCc1ccc(CC(=O)N2CC(F)CC2c2nn[nH]n2)cc1. The van der Waals surface area contributed by atoms with Crippen LogP contribution in [0.15, 0.2) is 24.3 Å². The molecule has 24 heavy (non-hydrogen) atoms. The summed E-state index contributed by atoms with van der Waals surface area (Å²) in [5.74, 6) is 0.268. The van der Waals surface area contributed by atoms with E-state index in [1.165, 1.54) is 10.5 Å². The fraction of sp³-hybridized carbons (Fsp3) is 0.529. The van der Waals surface area contributed by atoms with E-state index in [2.05, 4.69) is 39.7 Å². The molecule has 2 unspecified atom stereocenters. The second-order valence-electron chi connectivity index (χ2n) is 6.26. The zero-order valence-electron chi connectivity index (χ0n) is 13.8. The van der Waals surface area contributed by atoms with Crippen molar-refractivity contribution in [1.29, 1.82) is 0 Å². The Morgan fingerprint density at radius 2 is 2.08 bits per heavy atom. The molecule has 0 radical (unpaired) electrons. The zero-order valence-corrected chi connectivity index (χ0v) is 13.8. The van der Waals surface area contributed by atoms with Gasteiger partial charge in [0.15, 0.2) is 5.82 Å². The Hall–Kier alpha value is -2.31. The summed E-state index contributed by atoms with van der Waals surface area (Å²) < 4.78 is 13.8. The maximum absolute atomic E-state index is 13.8. The molecule has 1 aliphatic heterocycles. The summed E-state index contributed by atoms with van der Waals surface area (Å²) in [6.07, 6.45) is 2.82. The number of unbranched alkanes of at least 4 members (excludes halogenated alkanes) is 1. The third kappa shape index (κ3) is 3.77. The van der Waals surface area contributed by atoms with E-state index >= 15 is 0 Å². The molecule has 0 saturated carbocycles. The van der Waals surface area contributed by atoms with Crippen molar-refractivity contribution in [3.05, 3.63) is 41.2 Å². The van der Waals surface area contributed by atoms with Crippen molar-refractivity contribution in [2.45, 2.75) is 51.2 Å². The van der Waals surface area contributed by atoms with Crippen LogP contribution < -0.4 is 0 Å². The van der Waals surface area contributed by atoms with Crippen LogP contribution in [0.4, 0.5) is 4.39 Å². The van der Waals surface area contributed by atoms with E-state index < -0.39 is 12.2 Å². The van der Waals surface area contributed by atoms with Gasteiger partial charge in [-0.25, -0.2) is 4.39 Å². The molecule has 1 aromatic heterocycles. The number of hydrogen-bond donors (Lipinski definition) is 1. The number of rotatable bonds is 6. The molecular weight excluding hydrogens is 309 g/mol. The van der Waals surface area contributed by atoms with Gasteiger partial charge in [-0.3, -0.25) is 4.79 Å². The molecule has 6 nitrogen and oxygen atoms in total. The number of halogens is 1. The van der Waals surface area contributed by atoms with E-state index in [1.54, 1.807) is 0 Å². The highest BCUT2D eigenvalue weighted by Gasteiger charge is 2.38. The van der Waals surface area contributed by atoms with Gasteiger partial charge in [-0.05, 0) is 24.0 Å². The van der Waals surface area contributed by atoms with Gasteiger partial charge in [-0.1, -0.05) is 42.8 Å². The first-order valence-corrected chi connectivity index (χ1v) is 8.42. The normalized spacial score (nSPS) is 20.5. The lowest BCUT2D eigenvalue weighted by Gasteiger charge is -2.21. The number of likely N-dealkylation sites (tertiary alicyclic amines) is 1. The second-order valence-corrected chi connectivity index (χ2v) is 6.26. The summed E-state index contributed by atoms with van der Waals surface area (Å²) in [6.45, 7) is 2.26. The number of aromatic amines is 1. The Morgan fingerprint density at radius 1 is 1.33 bits per heavy atom. The summed E-state index contributed by atoms with van der Waals surface area (Å²) in [5, 5.41) is 13.7. The van der Waals surface area contributed by atoms with Gasteiger partial charge < -0.3 is 4.90 Å². The molecule has 0 aliphatic carbocycles. The highest BCUT2D eigenvalue weighted by molar-refractivity contribution is 5.79. The Balaban J connectivity index is 1.65. The maximum Gasteiger partial charge on any atom is 0.227 e. The van der Waals surface area contributed by atoms with E-state index in [0.29, 0.717) is 5.82 Å². The van der Waals surface area contributed by atoms with Crippen molar-refractivity contribution in [1.82, 2.24) is 25.5 Å². The van der Waals surface area contributed by atoms with Crippen molar-refractivity contribution in [3.63, 3.8) is 0 Å². The van der Waals surface area contributed by atoms with Crippen LogP contribution in [0.25, 0.3) is 0 Å². The van der Waals surface area contributed by atoms with Gasteiger partial charge in [0.2, 0.25) is 5.91 Å². The number of carbonyl (C=O) groups is 1. The molecule has 2 aromatic rings. The molecule has 2 heterocycles. The van der Waals surface area contributed by atoms with Crippen molar-refractivity contribution in [2.75, 3.05) is 6.54 Å². The molecule has 128 valence electrons. The largest absolute Gasteiger partial charge is 0.329 e. The van der Waals surface area contributed by atoms with Crippen LogP contribution >= 0.6 is 0 Å².